The minimum atomic E-state index is -3.90. The Kier molecular flexibility index (Phi) is 4.51. The molecule has 124 valence electrons. The molecule has 2 aliphatic heterocycles. The van der Waals surface area contributed by atoms with Gasteiger partial charge in [0.15, 0.2) is 0 Å². The fourth-order valence-electron chi connectivity index (χ4n) is 2.41. The number of carbonyl (C=O) groups excluding carboxylic acids is 1. The lowest BCUT2D eigenvalue weighted by Gasteiger charge is -2.23. The molecule has 9 heteroatoms. The Labute approximate surface area is 138 Å². The second-order valence-electron chi connectivity index (χ2n) is 5.27. The van der Waals surface area contributed by atoms with Gasteiger partial charge < -0.3 is 10.1 Å². The Hall–Kier alpha value is -1.71. The molecule has 2 aliphatic rings. The quantitative estimate of drug-likeness (QED) is 0.869. The minimum absolute atomic E-state index is 0.00418. The lowest BCUT2D eigenvalue weighted by molar-refractivity contribution is -0.118. The van der Waals surface area contributed by atoms with Crippen molar-refractivity contribution in [2.24, 2.45) is 4.40 Å². The topological polar surface area (TPSA) is 88.1 Å². The zero-order valence-electron chi connectivity index (χ0n) is 12.6. The van der Waals surface area contributed by atoms with E-state index in [0.29, 0.717) is 18.0 Å². The minimum Gasteiger partial charge on any atom is -0.376 e. The predicted molar refractivity (Wildman–Crippen MR) is 87.6 cm³/mol. The smallest absolute Gasteiger partial charge is 0.345 e. The van der Waals surface area contributed by atoms with E-state index in [4.69, 9.17) is 4.74 Å². The Balaban J connectivity index is 1.81. The largest absolute Gasteiger partial charge is 0.376 e. The van der Waals surface area contributed by atoms with Crippen molar-refractivity contribution in [2.75, 3.05) is 20.2 Å². The molecule has 0 aromatic carbocycles. The number of carbonyl (C=O) groups is 1. The Morgan fingerprint density at radius 3 is 3.04 bits per heavy atom. The highest BCUT2D eigenvalue weighted by atomic mass is 32.2. The molecule has 1 amide bonds. The molecule has 1 atom stereocenters. The number of ether oxygens (including phenoxy) is 1. The third kappa shape index (κ3) is 3.46. The van der Waals surface area contributed by atoms with Crippen LogP contribution in [0.2, 0.25) is 0 Å². The Morgan fingerprint density at radius 1 is 1.57 bits per heavy atom. The molecule has 0 bridgehead atoms. The zero-order chi connectivity index (χ0) is 16.4. The van der Waals surface area contributed by atoms with Crippen LogP contribution in [-0.2, 0) is 19.7 Å². The first-order chi connectivity index (χ1) is 11.0. The van der Waals surface area contributed by atoms with Crippen molar-refractivity contribution in [1.29, 1.82) is 0 Å². The van der Waals surface area contributed by atoms with Gasteiger partial charge in [-0.05, 0) is 30.4 Å². The summed E-state index contributed by atoms with van der Waals surface area (Å²) in [7, 11) is -2.58. The zero-order valence-corrected chi connectivity index (χ0v) is 14.2. The van der Waals surface area contributed by atoms with Crippen LogP contribution in [0.4, 0.5) is 0 Å². The molecule has 1 saturated heterocycles. The first-order valence-corrected chi connectivity index (χ1v) is 9.49. The van der Waals surface area contributed by atoms with E-state index in [1.165, 1.54) is 24.5 Å². The molecule has 3 heterocycles. The summed E-state index contributed by atoms with van der Waals surface area (Å²) in [5, 5.41) is 4.57. The van der Waals surface area contributed by atoms with E-state index in [1.54, 1.807) is 12.1 Å². The van der Waals surface area contributed by atoms with Gasteiger partial charge in [-0.3, -0.25) is 4.79 Å². The van der Waals surface area contributed by atoms with E-state index in [0.717, 1.165) is 17.1 Å². The Morgan fingerprint density at radius 2 is 2.39 bits per heavy atom. The summed E-state index contributed by atoms with van der Waals surface area (Å²) in [5.74, 6) is -0.449. The van der Waals surface area contributed by atoms with Crippen LogP contribution in [-0.4, -0.2) is 50.6 Å². The van der Waals surface area contributed by atoms with E-state index in [1.807, 2.05) is 5.38 Å². The van der Waals surface area contributed by atoms with Gasteiger partial charge in [0, 0.05) is 20.2 Å². The van der Waals surface area contributed by atoms with Crippen molar-refractivity contribution in [2.45, 2.75) is 18.9 Å². The summed E-state index contributed by atoms with van der Waals surface area (Å²) in [6, 6.07) is 3.57. The van der Waals surface area contributed by atoms with E-state index in [-0.39, 0.29) is 17.5 Å². The fourth-order valence-corrected chi connectivity index (χ4v) is 4.06. The average Bonchev–Trinajstić information content (AvgIpc) is 3.20. The normalized spacial score (nSPS) is 23.3. The second kappa shape index (κ2) is 6.42. The molecule has 1 aromatic heterocycles. The highest BCUT2D eigenvalue weighted by molar-refractivity contribution is 7.88. The number of nitrogens with one attached hydrogen (secondary N) is 1. The molecular weight excluding hydrogens is 338 g/mol. The number of rotatable bonds is 4. The SMILES string of the molecule is CN1C(C(=O)NC[C@H]2CCCO2)=CC(c2cccs2)=NS1(=O)=O. The summed E-state index contributed by atoms with van der Waals surface area (Å²) in [6.45, 7) is 1.07. The van der Waals surface area contributed by atoms with Crippen LogP contribution in [0.3, 0.4) is 0 Å². The van der Waals surface area contributed by atoms with Gasteiger partial charge in [0.1, 0.15) is 5.70 Å². The van der Waals surface area contributed by atoms with E-state index < -0.39 is 16.1 Å². The first-order valence-electron chi connectivity index (χ1n) is 7.21. The van der Waals surface area contributed by atoms with Gasteiger partial charge in [-0.25, -0.2) is 4.31 Å². The van der Waals surface area contributed by atoms with Crippen LogP contribution >= 0.6 is 11.3 Å². The molecule has 1 fully saturated rings. The molecule has 0 aliphatic carbocycles. The highest BCUT2D eigenvalue weighted by Gasteiger charge is 2.30. The maximum atomic E-state index is 12.4. The highest BCUT2D eigenvalue weighted by Crippen LogP contribution is 2.22. The second-order valence-corrected chi connectivity index (χ2v) is 7.85. The van der Waals surface area contributed by atoms with Crippen LogP contribution in [0.25, 0.3) is 0 Å². The maximum absolute atomic E-state index is 12.4. The number of amides is 1. The number of hydrogen-bond donors (Lipinski definition) is 1. The van der Waals surface area contributed by atoms with Crippen molar-refractivity contribution in [3.05, 3.63) is 34.2 Å². The molecule has 0 radical (unpaired) electrons. The van der Waals surface area contributed by atoms with Gasteiger partial charge in [-0.1, -0.05) is 6.07 Å². The number of allylic oxidation sites excluding steroid dienone is 1. The molecule has 1 aromatic rings. The fraction of sp³-hybridized carbons (Fsp3) is 0.429. The number of nitrogens with zero attached hydrogens (tertiary/aromatic N) is 2. The lowest BCUT2D eigenvalue weighted by atomic mass is 10.2. The average molecular weight is 355 g/mol. The number of hydrogen-bond acceptors (Lipinski definition) is 5. The first kappa shape index (κ1) is 16.2. The Bertz CT molecular complexity index is 747. The molecule has 1 N–H and O–H groups in total. The molecule has 23 heavy (non-hydrogen) atoms. The standard InChI is InChI=1S/C14H17N3O4S2/c1-17-12(14(18)15-9-10-4-2-6-21-10)8-11(16-23(17,19)20)13-5-3-7-22-13/h3,5,7-8,10H,2,4,6,9H2,1H3,(H,15,18)/t10-/m1/s1. The molecular formula is C14H17N3O4S2. The molecule has 7 nitrogen and oxygen atoms in total. The molecule has 3 rings (SSSR count). The maximum Gasteiger partial charge on any atom is 0.345 e. The van der Waals surface area contributed by atoms with Crippen molar-refractivity contribution in [3.8, 4) is 0 Å². The predicted octanol–water partition coefficient (Wildman–Crippen LogP) is 0.906. The van der Waals surface area contributed by atoms with E-state index in [9.17, 15) is 13.2 Å². The number of likely N-dealkylation sites (N-methyl/N-ethyl adjacent to an activating group) is 1. The molecule has 0 unspecified atom stereocenters. The van der Waals surface area contributed by atoms with Gasteiger partial charge >= 0.3 is 10.2 Å². The summed E-state index contributed by atoms with van der Waals surface area (Å²) < 4.78 is 34.4. The summed E-state index contributed by atoms with van der Waals surface area (Å²) in [4.78, 5) is 13.1. The van der Waals surface area contributed by atoms with Gasteiger partial charge in [0.2, 0.25) is 0 Å². The van der Waals surface area contributed by atoms with Gasteiger partial charge in [-0.2, -0.15) is 8.42 Å². The summed E-state index contributed by atoms with van der Waals surface area (Å²) in [5.41, 5.74) is 0.335. The number of thiophene rings is 1. The van der Waals surface area contributed by atoms with Gasteiger partial charge in [0.25, 0.3) is 5.91 Å². The van der Waals surface area contributed by atoms with E-state index >= 15 is 0 Å². The van der Waals surface area contributed by atoms with Crippen LogP contribution in [0.5, 0.6) is 0 Å². The summed E-state index contributed by atoms with van der Waals surface area (Å²) >= 11 is 1.37. The monoisotopic (exact) mass is 355 g/mol. The molecule has 0 saturated carbocycles. The molecule has 0 spiro atoms. The van der Waals surface area contributed by atoms with Crippen molar-refractivity contribution >= 4 is 33.2 Å². The van der Waals surface area contributed by atoms with Gasteiger partial charge in [0.05, 0.1) is 16.7 Å². The van der Waals surface area contributed by atoms with E-state index in [2.05, 4.69) is 9.71 Å². The van der Waals surface area contributed by atoms with Crippen molar-refractivity contribution in [3.63, 3.8) is 0 Å². The lowest BCUT2D eigenvalue weighted by Crippen LogP contribution is -2.40. The van der Waals surface area contributed by atoms with Crippen LogP contribution < -0.4 is 5.32 Å². The van der Waals surface area contributed by atoms with Crippen molar-refractivity contribution in [1.82, 2.24) is 9.62 Å². The third-order valence-electron chi connectivity index (χ3n) is 3.69. The third-order valence-corrected chi connectivity index (χ3v) is 5.90. The van der Waals surface area contributed by atoms with Crippen LogP contribution in [0.1, 0.15) is 17.7 Å². The van der Waals surface area contributed by atoms with Crippen LogP contribution in [0, 0.1) is 0 Å². The van der Waals surface area contributed by atoms with Crippen molar-refractivity contribution < 1.29 is 17.9 Å². The van der Waals surface area contributed by atoms with Crippen LogP contribution in [0.15, 0.2) is 33.7 Å². The summed E-state index contributed by atoms with van der Waals surface area (Å²) in [6.07, 6.45) is 3.37. The van der Waals surface area contributed by atoms with Gasteiger partial charge in [-0.15, -0.1) is 15.7 Å².